The van der Waals surface area contributed by atoms with Gasteiger partial charge in [-0.15, -0.1) is 13.2 Å². The fourth-order valence-electron chi connectivity index (χ4n) is 0.930. The van der Waals surface area contributed by atoms with Gasteiger partial charge in [-0.1, -0.05) is 15.9 Å². The van der Waals surface area contributed by atoms with Crippen molar-refractivity contribution < 1.29 is 27.8 Å². The molecule has 0 bridgehead atoms. The molecule has 0 amide bonds. The van der Waals surface area contributed by atoms with Crippen molar-refractivity contribution in [3.63, 3.8) is 0 Å². The van der Waals surface area contributed by atoms with Crippen molar-refractivity contribution in [3.05, 3.63) is 17.3 Å². The third kappa shape index (κ3) is 3.09. The van der Waals surface area contributed by atoms with Gasteiger partial charge in [-0.05, 0) is 6.07 Å². The summed E-state index contributed by atoms with van der Waals surface area (Å²) in [5, 5.41) is 9.40. The standard InChI is InChI=1S/C8H5BrF3NO3/c9-2-4-1-5(3-14)13-7(6(4)15)16-8(10,11)12/h1,3,15H,2H2. The number of aromatic nitrogens is 1. The van der Waals surface area contributed by atoms with E-state index in [0.717, 1.165) is 6.07 Å². The highest BCUT2D eigenvalue weighted by Crippen LogP contribution is 2.33. The number of hydrogen-bond donors (Lipinski definition) is 1. The number of aromatic hydroxyl groups is 1. The Balaban J connectivity index is 3.21. The maximum Gasteiger partial charge on any atom is 0.574 e. The lowest BCUT2D eigenvalue weighted by atomic mass is 10.2. The summed E-state index contributed by atoms with van der Waals surface area (Å²) in [6.45, 7) is 0. The van der Waals surface area contributed by atoms with Crippen molar-refractivity contribution >= 4 is 22.2 Å². The number of ether oxygens (including phenoxy) is 1. The van der Waals surface area contributed by atoms with E-state index in [1.165, 1.54) is 0 Å². The van der Waals surface area contributed by atoms with Crippen LogP contribution in [0.3, 0.4) is 0 Å². The van der Waals surface area contributed by atoms with Crippen LogP contribution in [0.25, 0.3) is 0 Å². The lowest BCUT2D eigenvalue weighted by Crippen LogP contribution is -2.18. The molecule has 0 aromatic carbocycles. The van der Waals surface area contributed by atoms with Gasteiger partial charge in [0.25, 0.3) is 5.88 Å². The SMILES string of the molecule is O=Cc1cc(CBr)c(O)c(OC(F)(F)F)n1. The van der Waals surface area contributed by atoms with Crippen LogP contribution in [0.1, 0.15) is 16.1 Å². The Kier molecular flexibility index (Phi) is 3.74. The first-order chi connectivity index (χ1) is 7.37. The van der Waals surface area contributed by atoms with Gasteiger partial charge in [0.1, 0.15) is 5.69 Å². The molecule has 0 saturated heterocycles. The van der Waals surface area contributed by atoms with E-state index in [2.05, 4.69) is 25.7 Å². The van der Waals surface area contributed by atoms with Gasteiger partial charge in [0.2, 0.25) is 0 Å². The second-order valence-electron chi connectivity index (χ2n) is 2.66. The first-order valence-corrected chi connectivity index (χ1v) is 4.99. The third-order valence-electron chi connectivity index (χ3n) is 1.54. The van der Waals surface area contributed by atoms with Crippen molar-refractivity contribution in [3.8, 4) is 11.6 Å². The maximum absolute atomic E-state index is 11.9. The Bertz CT molecular complexity index is 408. The monoisotopic (exact) mass is 299 g/mol. The predicted octanol–water partition coefficient (Wildman–Crippen LogP) is 2.39. The lowest BCUT2D eigenvalue weighted by Gasteiger charge is -2.11. The molecule has 0 aliphatic rings. The molecule has 0 aliphatic carbocycles. The Hall–Kier alpha value is -1.31. The number of aldehydes is 1. The average Bonchev–Trinajstić information content (AvgIpc) is 2.19. The Morgan fingerprint density at radius 1 is 1.56 bits per heavy atom. The van der Waals surface area contributed by atoms with Gasteiger partial charge in [0.05, 0.1) is 0 Å². The normalized spacial score (nSPS) is 11.2. The largest absolute Gasteiger partial charge is 0.574 e. The molecule has 0 spiro atoms. The molecule has 0 atom stereocenters. The van der Waals surface area contributed by atoms with E-state index in [0.29, 0.717) is 0 Å². The number of rotatable bonds is 3. The van der Waals surface area contributed by atoms with Crippen molar-refractivity contribution in [2.24, 2.45) is 0 Å². The van der Waals surface area contributed by atoms with E-state index < -0.39 is 18.0 Å². The van der Waals surface area contributed by atoms with Crippen LogP contribution in [-0.4, -0.2) is 22.7 Å². The van der Waals surface area contributed by atoms with Gasteiger partial charge in [-0.25, -0.2) is 4.98 Å². The van der Waals surface area contributed by atoms with Gasteiger partial charge < -0.3 is 9.84 Å². The highest BCUT2D eigenvalue weighted by atomic mass is 79.9. The second kappa shape index (κ2) is 4.69. The zero-order valence-corrected chi connectivity index (χ0v) is 9.17. The summed E-state index contributed by atoms with van der Waals surface area (Å²) in [6, 6.07) is 1.15. The molecular weight excluding hydrogens is 295 g/mol. The summed E-state index contributed by atoms with van der Waals surface area (Å²) in [6.07, 6.45) is -4.72. The van der Waals surface area contributed by atoms with Crippen LogP contribution in [0.4, 0.5) is 13.2 Å². The number of carbonyl (C=O) groups excluding carboxylic acids is 1. The van der Waals surface area contributed by atoms with Crippen LogP contribution < -0.4 is 4.74 Å². The highest BCUT2D eigenvalue weighted by molar-refractivity contribution is 9.08. The van der Waals surface area contributed by atoms with Gasteiger partial charge >= 0.3 is 6.36 Å². The van der Waals surface area contributed by atoms with Crippen LogP contribution in [0, 0.1) is 0 Å². The second-order valence-corrected chi connectivity index (χ2v) is 3.22. The number of alkyl halides is 4. The molecule has 1 aromatic heterocycles. The quantitative estimate of drug-likeness (QED) is 0.688. The van der Waals surface area contributed by atoms with Gasteiger partial charge in [-0.3, -0.25) is 4.79 Å². The molecule has 16 heavy (non-hydrogen) atoms. The number of pyridine rings is 1. The van der Waals surface area contributed by atoms with Crippen LogP contribution in [-0.2, 0) is 5.33 Å². The molecule has 0 fully saturated rings. The van der Waals surface area contributed by atoms with Crippen LogP contribution >= 0.6 is 15.9 Å². The topological polar surface area (TPSA) is 59.4 Å². The van der Waals surface area contributed by atoms with Gasteiger partial charge in [0, 0.05) is 10.9 Å². The summed E-state index contributed by atoms with van der Waals surface area (Å²) in [4.78, 5) is 13.6. The number of carbonyl (C=O) groups is 1. The van der Waals surface area contributed by atoms with E-state index in [1.54, 1.807) is 0 Å². The predicted molar refractivity (Wildman–Crippen MR) is 50.6 cm³/mol. The number of halogens is 4. The molecule has 8 heteroatoms. The minimum absolute atomic E-state index is 0.0659. The van der Waals surface area contributed by atoms with Gasteiger partial charge in [-0.2, -0.15) is 0 Å². The molecule has 1 N–H and O–H groups in total. The van der Waals surface area contributed by atoms with Crippen LogP contribution in [0.15, 0.2) is 6.07 Å². The van der Waals surface area contributed by atoms with Crippen molar-refractivity contribution in [1.29, 1.82) is 0 Å². The molecule has 88 valence electrons. The molecule has 0 radical (unpaired) electrons. The smallest absolute Gasteiger partial charge is 0.503 e. The lowest BCUT2D eigenvalue weighted by molar-refractivity contribution is -0.276. The number of hydrogen-bond acceptors (Lipinski definition) is 4. The number of nitrogens with zero attached hydrogens (tertiary/aromatic N) is 1. The summed E-state index contributed by atoms with van der Waals surface area (Å²) in [5.41, 5.74) is -0.178. The first kappa shape index (κ1) is 12.8. The Morgan fingerprint density at radius 3 is 2.62 bits per heavy atom. The van der Waals surface area contributed by atoms with E-state index in [4.69, 9.17) is 0 Å². The van der Waals surface area contributed by atoms with Crippen molar-refractivity contribution in [2.75, 3.05) is 0 Å². The van der Waals surface area contributed by atoms with E-state index in [9.17, 15) is 23.1 Å². The highest BCUT2D eigenvalue weighted by Gasteiger charge is 2.33. The molecule has 0 aliphatic heterocycles. The first-order valence-electron chi connectivity index (χ1n) is 3.87. The minimum Gasteiger partial charge on any atom is -0.503 e. The molecule has 1 aromatic rings. The molecule has 0 saturated carbocycles. The van der Waals surface area contributed by atoms with E-state index in [-0.39, 0.29) is 22.9 Å². The van der Waals surface area contributed by atoms with Gasteiger partial charge in [0.15, 0.2) is 12.0 Å². The summed E-state index contributed by atoms with van der Waals surface area (Å²) in [7, 11) is 0. The zero-order chi connectivity index (χ0) is 12.3. The minimum atomic E-state index is -4.98. The maximum atomic E-state index is 11.9. The molecule has 1 rings (SSSR count). The van der Waals surface area contributed by atoms with Crippen LogP contribution in [0.5, 0.6) is 11.6 Å². The molecule has 4 nitrogen and oxygen atoms in total. The fourth-order valence-corrected chi connectivity index (χ4v) is 1.36. The van der Waals surface area contributed by atoms with E-state index in [1.807, 2.05) is 0 Å². The van der Waals surface area contributed by atoms with Crippen LogP contribution in [0.2, 0.25) is 0 Å². The fraction of sp³-hybridized carbons (Fsp3) is 0.250. The van der Waals surface area contributed by atoms with E-state index >= 15 is 0 Å². The Labute approximate surface area is 96.2 Å². The summed E-state index contributed by atoms with van der Waals surface area (Å²) >= 11 is 2.94. The molecule has 0 unspecified atom stereocenters. The molecular formula is C8H5BrF3NO3. The molecule has 1 heterocycles. The summed E-state index contributed by atoms with van der Waals surface area (Å²) < 4.78 is 39.2. The summed E-state index contributed by atoms with van der Waals surface area (Å²) in [5.74, 6) is -1.79. The third-order valence-corrected chi connectivity index (χ3v) is 2.14. The van der Waals surface area contributed by atoms with Crippen molar-refractivity contribution in [2.45, 2.75) is 11.7 Å². The zero-order valence-electron chi connectivity index (χ0n) is 7.58. The van der Waals surface area contributed by atoms with Crippen molar-refractivity contribution in [1.82, 2.24) is 4.98 Å². The average molecular weight is 300 g/mol. The Morgan fingerprint density at radius 2 is 2.19 bits per heavy atom.